The number of ether oxygens (including phenoxy) is 1. The maximum absolute atomic E-state index is 6.21. The van der Waals surface area contributed by atoms with Crippen LogP contribution in [0.4, 0.5) is 0 Å². The Morgan fingerprint density at radius 1 is 1.22 bits per heavy atom. The molecule has 1 aromatic carbocycles. The fourth-order valence-electron chi connectivity index (χ4n) is 2.53. The molecule has 0 spiro atoms. The second-order valence-corrected chi connectivity index (χ2v) is 5.93. The molecule has 2 rings (SSSR count). The van der Waals surface area contributed by atoms with E-state index in [1.54, 1.807) is 0 Å². The maximum Gasteiger partial charge on any atom is 0.124 e. The van der Waals surface area contributed by atoms with Crippen LogP contribution < -0.4 is 10.1 Å². The summed E-state index contributed by atoms with van der Waals surface area (Å²) in [7, 11) is 1.97. The zero-order valence-corrected chi connectivity index (χ0v) is 12.6. The van der Waals surface area contributed by atoms with Gasteiger partial charge in [-0.05, 0) is 50.9 Å². The van der Waals surface area contributed by atoms with Gasteiger partial charge in [0.1, 0.15) is 5.75 Å². The van der Waals surface area contributed by atoms with Crippen LogP contribution in [0.25, 0.3) is 0 Å². The highest BCUT2D eigenvalue weighted by Gasteiger charge is 2.15. The van der Waals surface area contributed by atoms with Crippen molar-refractivity contribution in [2.75, 3.05) is 7.05 Å². The third-order valence-electron chi connectivity index (χ3n) is 3.49. The summed E-state index contributed by atoms with van der Waals surface area (Å²) in [6.07, 6.45) is 8.16. The number of nitrogens with one attached hydrogen (secondary N) is 1. The van der Waals surface area contributed by atoms with Gasteiger partial charge >= 0.3 is 0 Å². The third-order valence-corrected chi connectivity index (χ3v) is 3.98. The molecule has 1 N–H and O–H groups in total. The molecule has 1 aliphatic rings. The van der Waals surface area contributed by atoms with Crippen molar-refractivity contribution in [2.45, 2.75) is 51.2 Å². The highest BCUT2D eigenvalue weighted by Crippen LogP contribution is 2.27. The molecule has 100 valence electrons. The van der Waals surface area contributed by atoms with Gasteiger partial charge in [-0.2, -0.15) is 0 Å². The van der Waals surface area contributed by atoms with E-state index in [1.165, 1.54) is 44.1 Å². The number of rotatable bonds is 4. The van der Waals surface area contributed by atoms with Crippen molar-refractivity contribution >= 4 is 15.9 Å². The molecule has 0 atom stereocenters. The minimum absolute atomic E-state index is 0.407. The summed E-state index contributed by atoms with van der Waals surface area (Å²) in [4.78, 5) is 0. The van der Waals surface area contributed by atoms with E-state index in [0.717, 1.165) is 16.8 Å². The first kappa shape index (κ1) is 13.9. The standard InChI is InChI=1S/C15H22BrNO/c1-17-11-12-10-13(16)8-9-15(12)18-14-6-4-2-3-5-7-14/h8-10,14,17H,2-7,11H2,1H3. The van der Waals surface area contributed by atoms with E-state index in [1.807, 2.05) is 7.05 Å². The van der Waals surface area contributed by atoms with E-state index in [0.29, 0.717) is 6.10 Å². The summed E-state index contributed by atoms with van der Waals surface area (Å²) in [6, 6.07) is 6.29. The van der Waals surface area contributed by atoms with Crippen molar-refractivity contribution in [3.05, 3.63) is 28.2 Å². The molecule has 0 aromatic heterocycles. The van der Waals surface area contributed by atoms with Gasteiger partial charge < -0.3 is 10.1 Å². The molecule has 2 nitrogen and oxygen atoms in total. The molecule has 1 fully saturated rings. The molecule has 0 unspecified atom stereocenters. The second-order valence-electron chi connectivity index (χ2n) is 5.01. The number of benzene rings is 1. The quantitative estimate of drug-likeness (QED) is 0.838. The van der Waals surface area contributed by atoms with Crippen molar-refractivity contribution in [3.63, 3.8) is 0 Å². The predicted molar refractivity (Wildman–Crippen MR) is 79.0 cm³/mol. The SMILES string of the molecule is CNCc1cc(Br)ccc1OC1CCCCCC1. The van der Waals surface area contributed by atoms with Crippen LogP contribution >= 0.6 is 15.9 Å². The summed E-state index contributed by atoms with van der Waals surface area (Å²) in [5.41, 5.74) is 1.23. The summed E-state index contributed by atoms with van der Waals surface area (Å²) in [6.45, 7) is 0.849. The van der Waals surface area contributed by atoms with Gasteiger partial charge in [0, 0.05) is 16.6 Å². The van der Waals surface area contributed by atoms with Crippen LogP contribution in [0.3, 0.4) is 0 Å². The van der Waals surface area contributed by atoms with Gasteiger partial charge in [0.2, 0.25) is 0 Å². The minimum Gasteiger partial charge on any atom is -0.490 e. The number of hydrogen-bond donors (Lipinski definition) is 1. The molecule has 0 bridgehead atoms. The molecule has 0 aliphatic heterocycles. The fraction of sp³-hybridized carbons (Fsp3) is 0.600. The first-order valence-electron chi connectivity index (χ1n) is 6.89. The molecule has 1 aromatic rings. The molecule has 0 heterocycles. The first-order valence-corrected chi connectivity index (χ1v) is 7.68. The summed E-state index contributed by atoms with van der Waals surface area (Å²) in [5, 5.41) is 3.20. The van der Waals surface area contributed by atoms with Crippen molar-refractivity contribution in [2.24, 2.45) is 0 Å². The van der Waals surface area contributed by atoms with E-state index < -0.39 is 0 Å². The smallest absolute Gasteiger partial charge is 0.124 e. The van der Waals surface area contributed by atoms with E-state index in [2.05, 4.69) is 39.4 Å². The highest BCUT2D eigenvalue weighted by molar-refractivity contribution is 9.10. The lowest BCUT2D eigenvalue weighted by molar-refractivity contribution is 0.181. The topological polar surface area (TPSA) is 21.3 Å². The normalized spacial score (nSPS) is 17.4. The average Bonchev–Trinajstić information content (AvgIpc) is 2.61. The lowest BCUT2D eigenvalue weighted by atomic mass is 10.1. The van der Waals surface area contributed by atoms with Crippen LogP contribution in [0.2, 0.25) is 0 Å². The van der Waals surface area contributed by atoms with Crippen LogP contribution in [0.1, 0.15) is 44.1 Å². The fourth-order valence-corrected chi connectivity index (χ4v) is 2.94. The van der Waals surface area contributed by atoms with Crippen LogP contribution in [0.5, 0.6) is 5.75 Å². The Kier molecular flexibility index (Phi) is 5.51. The van der Waals surface area contributed by atoms with Crippen molar-refractivity contribution < 1.29 is 4.74 Å². The Balaban J connectivity index is 2.06. The van der Waals surface area contributed by atoms with Gasteiger partial charge in [-0.3, -0.25) is 0 Å². The Bertz CT molecular complexity index is 373. The third kappa shape index (κ3) is 3.99. The molecule has 1 saturated carbocycles. The van der Waals surface area contributed by atoms with Gasteiger partial charge in [0.15, 0.2) is 0 Å². The molecule has 1 aliphatic carbocycles. The van der Waals surface area contributed by atoms with Crippen molar-refractivity contribution in [1.29, 1.82) is 0 Å². The molecule has 0 amide bonds. The van der Waals surface area contributed by atoms with Gasteiger partial charge in [-0.1, -0.05) is 28.8 Å². The molecule has 0 radical (unpaired) electrons. The summed E-state index contributed by atoms with van der Waals surface area (Å²) in [5.74, 6) is 1.04. The van der Waals surface area contributed by atoms with Crippen LogP contribution in [-0.4, -0.2) is 13.2 Å². The van der Waals surface area contributed by atoms with E-state index in [-0.39, 0.29) is 0 Å². The molecular weight excluding hydrogens is 290 g/mol. The Morgan fingerprint density at radius 3 is 2.61 bits per heavy atom. The van der Waals surface area contributed by atoms with Crippen molar-refractivity contribution in [3.8, 4) is 5.75 Å². The Labute approximate surface area is 118 Å². The zero-order chi connectivity index (χ0) is 12.8. The van der Waals surface area contributed by atoms with E-state index in [4.69, 9.17) is 4.74 Å². The van der Waals surface area contributed by atoms with Crippen molar-refractivity contribution in [1.82, 2.24) is 5.32 Å². The van der Waals surface area contributed by atoms with Gasteiger partial charge in [-0.15, -0.1) is 0 Å². The largest absolute Gasteiger partial charge is 0.490 e. The molecule has 0 saturated heterocycles. The molecular formula is C15H22BrNO. The number of hydrogen-bond acceptors (Lipinski definition) is 2. The van der Waals surface area contributed by atoms with Crippen LogP contribution in [0, 0.1) is 0 Å². The first-order chi connectivity index (χ1) is 8.79. The monoisotopic (exact) mass is 311 g/mol. The lowest BCUT2D eigenvalue weighted by Crippen LogP contribution is -2.17. The minimum atomic E-state index is 0.407. The van der Waals surface area contributed by atoms with E-state index >= 15 is 0 Å². The number of halogens is 1. The van der Waals surface area contributed by atoms with Gasteiger partial charge in [-0.25, -0.2) is 0 Å². The maximum atomic E-state index is 6.21. The van der Waals surface area contributed by atoms with Crippen LogP contribution in [-0.2, 0) is 6.54 Å². The highest BCUT2D eigenvalue weighted by atomic mass is 79.9. The van der Waals surface area contributed by atoms with Crippen LogP contribution in [0.15, 0.2) is 22.7 Å². The van der Waals surface area contributed by atoms with E-state index in [9.17, 15) is 0 Å². The Morgan fingerprint density at radius 2 is 1.94 bits per heavy atom. The lowest BCUT2D eigenvalue weighted by Gasteiger charge is -2.19. The average molecular weight is 312 g/mol. The zero-order valence-electron chi connectivity index (χ0n) is 11.0. The predicted octanol–water partition coefficient (Wildman–Crippen LogP) is 4.27. The van der Waals surface area contributed by atoms with Gasteiger partial charge in [0.05, 0.1) is 6.10 Å². The molecule has 3 heteroatoms. The summed E-state index contributed by atoms with van der Waals surface area (Å²) >= 11 is 3.52. The Hall–Kier alpha value is -0.540. The van der Waals surface area contributed by atoms with Gasteiger partial charge in [0.25, 0.3) is 0 Å². The second kappa shape index (κ2) is 7.15. The summed E-state index contributed by atoms with van der Waals surface area (Å²) < 4.78 is 7.33. The molecule has 18 heavy (non-hydrogen) atoms.